The Balaban J connectivity index is 2.43. The van der Waals surface area contributed by atoms with Crippen LogP contribution in [0, 0.1) is 6.92 Å². The van der Waals surface area contributed by atoms with Crippen molar-refractivity contribution in [1.82, 2.24) is 14.5 Å². The molecule has 2 heterocycles. The van der Waals surface area contributed by atoms with Gasteiger partial charge in [-0.1, -0.05) is 0 Å². The molecule has 0 fully saturated rings. The highest BCUT2D eigenvalue weighted by Gasteiger charge is 1.93. The number of aromatic nitrogens is 3. The first-order valence-corrected chi connectivity index (χ1v) is 3.77. The molecule has 0 unspecified atom stereocenters. The van der Waals surface area contributed by atoms with Gasteiger partial charge in [0.2, 0.25) is 0 Å². The zero-order chi connectivity index (χ0) is 8.39. The maximum absolute atomic E-state index is 4.19. The number of hydrogen-bond donors (Lipinski definition) is 0. The van der Waals surface area contributed by atoms with Crippen LogP contribution in [0.25, 0.3) is 5.69 Å². The number of rotatable bonds is 1. The van der Waals surface area contributed by atoms with Crippen molar-refractivity contribution >= 4 is 0 Å². The van der Waals surface area contributed by atoms with Crippen LogP contribution in [0.1, 0.15) is 5.69 Å². The zero-order valence-electron chi connectivity index (χ0n) is 6.81. The third-order valence-corrected chi connectivity index (χ3v) is 1.70. The summed E-state index contributed by atoms with van der Waals surface area (Å²) in [6, 6.07) is 4.00. The number of imidazole rings is 1. The van der Waals surface area contributed by atoms with E-state index in [2.05, 4.69) is 9.97 Å². The van der Waals surface area contributed by atoms with E-state index in [4.69, 9.17) is 0 Å². The molecule has 0 radical (unpaired) electrons. The van der Waals surface area contributed by atoms with Crippen LogP contribution < -0.4 is 0 Å². The first-order valence-electron chi connectivity index (χ1n) is 3.77. The number of pyridine rings is 1. The fourth-order valence-corrected chi connectivity index (χ4v) is 1.02. The van der Waals surface area contributed by atoms with Crippen LogP contribution in [0.2, 0.25) is 0 Å². The van der Waals surface area contributed by atoms with Gasteiger partial charge in [-0.15, -0.1) is 0 Å². The summed E-state index contributed by atoms with van der Waals surface area (Å²) < 4.78 is 1.92. The molecule has 0 amide bonds. The second kappa shape index (κ2) is 2.77. The summed E-state index contributed by atoms with van der Waals surface area (Å²) in [6.45, 7) is 1.97. The third-order valence-electron chi connectivity index (χ3n) is 1.70. The van der Waals surface area contributed by atoms with E-state index < -0.39 is 0 Å². The van der Waals surface area contributed by atoms with E-state index in [1.807, 2.05) is 36.0 Å². The maximum Gasteiger partial charge on any atom is 0.0992 e. The Morgan fingerprint density at radius 2 is 2.25 bits per heavy atom. The molecule has 0 bridgehead atoms. The van der Waals surface area contributed by atoms with Crippen LogP contribution in [0.3, 0.4) is 0 Å². The molecular weight excluding hydrogens is 150 g/mol. The van der Waals surface area contributed by atoms with E-state index in [-0.39, 0.29) is 0 Å². The van der Waals surface area contributed by atoms with Gasteiger partial charge in [-0.3, -0.25) is 4.98 Å². The minimum absolute atomic E-state index is 1.03. The van der Waals surface area contributed by atoms with Gasteiger partial charge in [0.1, 0.15) is 0 Å². The standard InChI is InChI=1S/C9H9N3/c1-8-2-3-9(6-11-8)12-5-4-10-7-12/h2-7H,1H3. The highest BCUT2D eigenvalue weighted by atomic mass is 15.0. The Kier molecular flexibility index (Phi) is 1.63. The molecule has 2 aromatic rings. The lowest BCUT2D eigenvalue weighted by molar-refractivity contribution is 1.03. The summed E-state index contributed by atoms with van der Waals surface area (Å²) in [5.41, 5.74) is 2.07. The Bertz CT molecular complexity index is 348. The molecule has 0 aromatic carbocycles. The van der Waals surface area contributed by atoms with Crippen LogP contribution in [-0.2, 0) is 0 Å². The van der Waals surface area contributed by atoms with E-state index in [9.17, 15) is 0 Å². The van der Waals surface area contributed by atoms with Gasteiger partial charge in [-0.25, -0.2) is 4.98 Å². The highest BCUT2D eigenvalue weighted by molar-refractivity contribution is 5.28. The summed E-state index contributed by atoms with van der Waals surface area (Å²) >= 11 is 0. The van der Waals surface area contributed by atoms with Crippen molar-refractivity contribution in [2.45, 2.75) is 6.92 Å². The van der Waals surface area contributed by atoms with Crippen LogP contribution in [-0.4, -0.2) is 14.5 Å². The Hall–Kier alpha value is -1.64. The van der Waals surface area contributed by atoms with Gasteiger partial charge in [0.15, 0.2) is 0 Å². The lowest BCUT2D eigenvalue weighted by Crippen LogP contribution is -1.91. The molecule has 3 heteroatoms. The molecule has 3 nitrogen and oxygen atoms in total. The van der Waals surface area contributed by atoms with Crippen molar-refractivity contribution in [2.24, 2.45) is 0 Å². The molecule has 0 aliphatic carbocycles. The monoisotopic (exact) mass is 159 g/mol. The molecule has 12 heavy (non-hydrogen) atoms. The average Bonchev–Trinajstić information content (AvgIpc) is 2.58. The molecule has 2 rings (SSSR count). The molecule has 0 saturated carbocycles. The van der Waals surface area contributed by atoms with Gasteiger partial charge in [0.25, 0.3) is 0 Å². The van der Waals surface area contributed by atoms with E-state index in [1.54, 1.807) is 12.5 Å². The summed E-state index contributed by atoms with van der Waals surface area (Å²) in [7, 11) is 0. The first kappa shape index (κ1) is 7.03. The Morgan fingerprint density at radius 1 is 1.33 bits per heavy atom. The molecule has 0 N–H and O–H groups in total. The van der Waals surface area contributed by atoms with Gasteiger partial charge in [-0.2, -0.15) is 0 Å². The van der Waals surface area contributed by atoms with Gasteiger partial charge in [-0.05, 0) is 19.1 Å². The predicted molar refractivity (Wildman–Crippen MR) is 46.1 cm³/mol. The first-order chi connectivity index (χ1) is 5.86. The predicted octanol–water partition coefficient (Wildman–Crippen LogP) is 1.58. The molecule has 60 valence electrons. The van der Waals surface area contributed by atoms with Crippen molar-refractivity contribution in [3.63, 3.8) is 0 Å². The molecule has 0 aliphatic heterocycles. The van der Waals surface area contributed by atoms with Crippen molar-refractivity contribution in [1.29, 1.82) is 0 Å². The number of nitrogens with zero attached hydrogens (tertiary/aromatic N) is 3. The van der Waals surface area contributed by atoms with Gasteiger partial charge >= 0.3 is 0 Å². The minimum atomic E-state index is 1.03. The van der Waals surface area contributed by atoms with E-state index >= 15 is 0 Å². The molecule has 0 saturated heterocycles. The normalized spacial score (nSPS) is 10.1. The van der Waals surface area contributed by atoms with Crippen molar-refractivity contribution in [3.8, 4) is 5.69 Å². The largest absolute Gasteiger partial charge is 0.305 e. The average molecular weight is 159 g/mol. The number of hydrogen-bond acceptors (Lipinski definition) is 2. The lowest BCUT2D eigenvalue weighted by atomic mass is 10.3. The second-order valence-electron chi connectivity index (χ2n) is 2.63. The van der Waals surface area contributed by atoms with Crippen molar-refractivity contribution in [2.75, 3.05) is 0 Å². The van der Waals surface area contributed by atoms with Crippen molar-refractivity contribution in [3.05, 3.63) is 42.7 Å². The summed E-state index contributed by atoms with van der Waals surface area (Å²) in [5, 5.41) is 0. The molecular formula is C9H9N3. The summed E-state index contributed by atoms with van der Waals surface area (Å²) in [5.74, 6) is 0. The highest BCUT2D eigenvalue weighted by Crippen LogP contribution is 2.04. The number of aryl methyl sites for hydroxylation is 1. The van der Waals surface area contributed by atoms with Crippen LogP contribution in [0.15, 0.2) is 37.1 Å². The van der Waals surface area contributed by atoms with Gasteiger partial charge in [0.05, 0.1) is 18.2 Å². The molecule has 0 aliphatic rings. The maximum atomic E-state index is 4.19. The zero-order valence-corrected chi connectivity index (χ0v) is 6.81. The molecule has 2 aromatic heterocycles. The van der Waals surface area contributed by atoms with Crippen LogP contribution in [0.4, 0.5) is 0 Å². The van der Waals surface area contributed by atoms with Gasteiger partial charge < -0.3 is 4.57 Å². The smallest absolute Gasteiger partial charge is 0.0992 e. The fraction of sp³-hybridized carbons (Fsp3) is 0.111. The van der Waals surface area contributed by atoms with E-state index in [1.165, 1.54) is 0 Å². The van der Waals surface area contributed by atoms with Gasteiger partial charge in [0, 0.05) is 18.1 Å². The van der Waals surface area contributed by atoms with Crippen molar-refractivity contribution < 1.29 is 0 Å². The molecule has 0 atom stereocenters. The van der Waals surface area contributed by atoms with E-state index in [0.29, 0.717) is 0 Å². The quantitative estimate of drug-likeness (QED) is 0.632. The fourth-order valence-electron chi connectivity index (χ4n) is 1.02. The summed E-state index contributed by atoms with van der Waals surface area (Å²) in [4.78, 5) is 8.14. The van der Waals surface area contributed by atoms with E-state index in [0.717, 1.165) is 11.4 Å². The SMILES string of the molecule is Cc1ccc(-n2ccnc2)cn1. The lowest BCUT2D eigenvalue weighted by Gasteiger charge is -1.99. The topological polar surface area (TPSA) is 30.7 Å². The van der Waals surface area contributed by atoms with Crippen LogP contribution in [0.5, 0.6) is 0 Å². The minimum Gasteiger partial charge on any atom is -0.305 e. The molecule has 0 spiro atoms. The Labute approximate surface area is 70.7 Å². The third kappa shape index (κ3) is 1.21. The Morgan fingerprint density at radius 3 is 2.83 bits per heavy atom. The van der Waals surface area contributed by atoms with Crippen LogP contribution >= 0.6 is 0 Å². The second-order valence-corrected chi connectivity index (χ2v) is 2.63. The summed E-state index contributed by atoms with van der Waals surface area (Å²) in [6.07, 6.45) is 7.23.